The second kappa shape index (κ2) is 7.95. The number of para-hydroxylation sites is 1. The van der Waals surface area contributed by atoms with E-state index in [-0.39, 0.29) is 11.5 Å². The van der Waals surface area contributed by atoms with Gasteiger partial charge < -0.3 is 10.3 Å². The third-order valence-electron chi connectivity index (χ3n) is 4.89. The van der Waals surface area contributed by atoms with Crippen molar-refractivity contribution in [1.82, 2.24) is 14.9 Å². The van der Waals surface area contributed by atoms with Crippen LogP contribution in [0.2, 0.25) is 0 Å². The van der Waals surface area contributed by atoms with E-state index in [1.54, 1.807) is 4.57 Å². The van der Waals surface area contributed by atoms with Crippen molar-refractivity contribution in [2.75, 3.05) is 0 Å². The van der Waals surface area contributed by atoms with Crippen molar-refractivity contribution in [3.8, 4) is 0 Å². The highest BCUT2D eigenvalue weighted by Gasteiger charge is 2.28. The molecule has 1 unspecified atom stereocenters. The Bertz CT molecular complexity index is 867. The summed E-state index contributed by atoms with van der Waals surface area (Å²) in [5.41, 5.74) is 0.727. The van der Waals surface area contributed by atoms with Gasteiger partial charge in [0.25, 0.3) is 5.56 Å². The van der Waals surface area contributed by atoms with Crippen LogP contribution in [-0.4, -0.2) is 21.5 Å². The molecule has 0 aliphatic heterocycles. The van der Waals surface area contributed by atoms with Crippen LogP contribution in [0, 0.1) is 10.7 Å². The molecule has 1 aromatic carbocycles. The summed E-state index contributed by atoms with van der Waals surface area (Å²) in [4.78, 5) is 27.5. The molecule has 1 saturated carbocycles. The van der Waals surface area contributed by atoms with Crippen LogP contribution in [0.15, 0.2) is 29.1 Å². The van der Waals surface area contributed by atoms with Crippen LogP contribution in [-0.2, 0) is 11.3 Å². The van der Waals surface area contributed by atoms with E-state index >= 15 is 0 Å². The fourth-order valence-corrected chi connectivity index (χ4v) is 3.46. The lowest BCUT2D eigenvalue weighted by atomic mass is 10.1. The average molecular weight is 359 g/mol. The summed E-state index contributed by atoms with van der Waals surface area (Å²) in [7, 11) is 0. The van der Waals surface area contributed by atoms with Crippen LogP contribution in [0.3, 0.4) is 0 Å². The van der Waals surface area contributed by atoms with Crippen molar-refractivity contribution < 1.29 is 4.79 Å². The summed E-state index contributed by atoms with van der Waals surface area (Å²) in [6.45, 7) is 2.67. The minimum atomic E-state index is -0.0460. The van der Waals surface area contributed by atoms with Crippen molar-refractivity contribution in [3.05, 3.63) is 39.4 Å². The first kappa shape index (κ1) is 17.9. The number of carbonyl (C=O) groups excluding carboxylic acids is 1. The van der Waals surface area contributed by atoms with Gasteiger partial charge in [0.1, 0.15) is 0 Å². The molecule has 5 nitrogen and oxygen atoms in total. The van der Waals surface area contributed by atoms with Gasteiger partial charge in [0.2, 0.25) is 5.91 Å². The van der Waals surface area contributed by atoms with Gasteiger partial charge >= 0.3 is 0 Å². The number of nitrogens with zero attached hydrogens (tertiary/aromatic N) is 1. The van der Waals surface area contributed by atoms with Crippen LogP contribution >= 0.6 is 12.2 Å². The summed E-state index contributed by atoms with van der Waals surface area (Å²) < 4.78 is 2.08. The summed E-state index contributed by atoms with van der Waals surface area (Å²) >= 11 is 5.31. The minimum Gasteiger partial charge on any atom is -0.353 e. The molecule has 3 rings (SSSR count). The fraction of sp³-hybridized carbons (Fsp3) is 0.526. The SMILES string of the molecule is CC(NC(=O)CCCCCn1c(=S)[nH]c2ccccc2c1=O)C1CC1. The maximum atomic E-state index is 12.5. The molecule has 2 N–H and O–H groups in total. The van der Waals surface area contributed by atoms with Crippen molar-refractivity contribution >= 4 is 29.0 Å². The van der Waals surface area contributed by atoms with Gasteiger partial charge in [-0.15, -0.1) is 0 Å². The molecule has 6 heteroatoms. The molecule has 0 spiro atoms. The molecule has 134 valence electrons. The Hall–Kier alpha value is -1.95. The zero-order valence-corrected chi connectivity index (χ0v) is 15.4. The Labute approximate surface area is 152 Å². The van der Waals surface area contributed by atoms with E-state index in [0.29, 0.717) is 35.1 Å². The molecule has 1 amide bonds. The Morgan fingerprint density at radius 3 is 2.84 bits per heavy atom. The molecule has 1 aliphatic rings. The molecule has 1 fully saturated rings. The van der Waals surface area contributed by atoms with Crippen LogP contribution in [0.4, 0.5) is 0 Å². The van der Waals surface area contributed by atoms with Crippen molar-refractivity contribution in [2.24, 2.45) is 5.92 Å². The van der Waals surface area contributed by atoms with Crippen molar-refractivity contribution in [2.45, 2.75) is 58.0 Å². The van der Waals surface area contributed by atoms with Gasteiger partial charge in [0, 0.05) is 19.0 Å². The molecular formula is C19H25N3O2S. The van der Waals surface area contributed by atoms with Gasteiger partial charge in [-0.25, -0.2) is 0 Å². The van der Waals surface area contributed by atoms with E-state index in [1.807, 2.05) is 24.3 Å². The Balaban J connectivity index is 1.47. The molecule has 2 aromatic rings. The Kier molecular flexibility index (Phi) is 5.68. The first-order valence-electron chi connectivity index (χ1n) is 9.07. The second-order valence-corrected chi connectivity index (χ2v) is 7.32. The Morgan fingerprint density at radius 1 is 1.32 bits per heavy atom. The molecule has 1 atom stereocenters. The van der Waals surface area contributed by atoms with Crippen LogP contribution in [0.1, 0.15) is 45.4 Å². The van der Waals surface area contributed by atoms with E-state index in [0.717, 1.165) is 24.8 Å². The van der Waals surface area contributed by atoms with Crippen molar-refractivity contribution in [1.29, 1.82) is 0 Å². The van der Waals surface area contributed by atoms with E-state index in [4.69, 9.17) is 12.2 Å². The summed E-state index contributed by atoms with van der Waals surface area (Å²) in [5.74, 6) is 0.824. The first-order chi connectivity index (χ1) is 12.1. The highest BCUT2D eigenvalue weighted by molar-refractivity contribution is 7.71. The van der Waals surface area contributed by atoms with Gasteiger partial charge in [0.15, 0.2) is 4.77 Å². The smallest absolute Gasteiger partial charge is 0.262 e. The predicted molar refractivity (Wildman–Crippen MR) is 102 cm³/mol. The standard InChI is InChI=1S/C19H25N3O2S/c1-13(14-10-11-14)20-17(23)9-3-2-6-12-22-18(24)15-7-4-5-8-16(15)21-19(22)25/h4-5,7-8,13-14H,2-3,6,9-12H2,1H3,(H,20,23)(H,21,25). The predicted octanol–water partition coefficient (Wildman–Crippen LogP) is 3.53. The lowest BCUT2D eigenvalue weighted by molar-refractivity contribution is -0.121. The maximum Gasteiger partial charge on any atom is 0.262 e. The van der Waals surface area contributed by atoms with Crippen LogP contribution in [0.25, 0.3) is 10.9 Å². The largest absolute Gasteiger partial charge is 0.353 e. The van der Waals surface area contributed by atoms with Gasteiger partial charge in [0.05, 0.1) is 10.9 Å². The monoisotopic (exact) mass is 359 g/mol. The zero-order valence-electron chi connectivity index (χ0n) is 14.6. The average Bonchev–Trinajstić information content (AvgIpc) is 3.42. The molecule has 25 heavy (non-hydrogen) atoms. The van der Waals surface area contributed by atoms with Gasteiger partial charge in [-0.05, 0) is 62.9 Å². The van der Waals surface area contributed by atoms with E-state index in [2.05, 4.69) is 17.2 Å². The van der Waals surface area contributed by atoms with Gasteiger partial charge in [-0.1, -0.05) is 18.6 Å². The lowest BCUT2D eigenvalue weighted by Crippen LogP contribution is -2.33. The number of nitrogens with one attached hydrogen (secondary N) is 2. The van der Waals surface area contributed by atoms with E-state index in [9.17, 15) is 9.59 Å². The summed E-state index contributed by atoms with van der Waals surface area (Å²) in [6.07, 6.45) is 5.60. The first-order valence-corrected chi connectivity index (χ1v) is 9.48. The number of rotatable bonds is 8. The number of hydrogen-bond acceptors (Lipinski definition) is 3. The summed E-state index contributed by atoms with van der Waals surface area (Å²) in [6, 6.07) is 7.71. The number of hydrogen-bond donors (Lipinski definition) is 2. The highest BCUT2D eigenvalue weighted by Crippen LogP contribution is 2.32. The van der Waals surface area contributed by atoms with Gasteiger partial charge in [-0.2, -0.15) is 0 Å². The number of unbranched alkanes of at least 4 members (excludes halogenated alkanes) is 2. The fourth-order valence-electron chi connectivity index (χ4n) is 3.17. The molecule has 0 saturated heterocycles. The third-order valence-corrected chi connectivity index (χ3v) is 5.22. The molecule has 1 aromatic heterocycles. The number of aromatic amines is 1. The lowest BCUT2D eigenvalue weighted by Gasteiger charge is -2.12. The number of fused-ring (bicyclic) bond motifs is 1. The summed E-state index contributed by atoms with van der Waals surface area (Å²) in [5, 5.41) is 3.73. The normalized spacial score (nSPS) is 15.2. The topological polar surface area (TPSA) is 66.9 Å². The second-order valence-electron chi connectivity index (χ2n) is 6.94. The molecule has 0 bridgehead atoms. The molecule has 0 radical (unpaired) electrons. The minimum absolute atomic E-state index is 0.0460. The highest BCUT2D eigenvalue weighted by atomic mass is 32.1. The number of carbonyl (C=O) groups is 1. The third kappa shape index (κ3) is 4.57. The van der Waals surface area contributed by atoms with Crippen molar-refractivity contribution in [3.63, 3.8) is 0 Å². The number of H-pyrrole nitrogens is 1. The number of benzene rings is 1. The van der Waals surface area contributed by atoms with Gasteiger partial charge in [-0.3, -0.25) is 14.2 Å². The molecule has 1 heterocycles. The molecular weight excluding hydrogens is 334 g/mol. The van der Waals surface area contributed by atoms with Crippen LogP contribution in [0.5, 0.6) is 0 Å². The molecule has 1 aliphatic carbocycles. The number of amides is 1. The van der Waals surface area contributed by atoms with E-state index in [1.165, 1.54) is 12.8 Å². The van der Waals surface area contributed by atoms with Crippen LogP contribution < -0.4 is 10.9 Å². The number of aromatic nitrogens is 2. The Morgan fingerprint density at radius 2 is 2.08 bits per heavy atom. The zero-order chi connectivity index (χ0) is 17.8. The van der Waals surface area contributed by atoms with E-state index < -0.39 is 0 Å². The maximum absolute atomic E-state index is 12.5. The quantitative estimate of drug-likeness (QED) is 0.560.